The van der Waals surface area contributed by atoms with Gasteiger partial charge in [0, 0.05) is 48.8 Å². The Morgan fingerprint density at radius 3 is 1.95 bits per heavy atom. The van der Waals surface area contributed by atoms with Crippen LogP contribution in [0, 0.1) is 41.5 Å². The number of aryl methyl sites for hydroxylation is 4. The first-order valence-corrected chi connectivity index (χ1v) is 14.7. The summed E-state index contributed by atoms with van der Waals surface area (Å²) in [6.45, 7) is 17.3. The van der Waals surface area contributed by atoms with Crippen molar-refractivity contribution in [3.8, 4) is 22.4 Å². The van der Waals surface area contributed by atoms with Gasteiger partial charge >= 0.3 is 0 Å². The minimum Gasteiger partial charge on any atom is -0.299 e. The summed E-state index contributed by atoms with van der Waals surface area (Å²) in [5.41, 5.74) is 15.5. The highest BCUT2D eigenvalue weighted by molar-refractivity contribution is 5.66. The number of hydrogen-bond acceptors (Lipinski definition) is 4. The number of likely N-dealkylation sites (tertiary alicyclic amines) is 1. The lowest BCUT2D eigenvalue weighted by atomic mass is 9.96. The van der Waals surface area contributed by atoms with Crippen LogP contribution in [-0.2, 0) is 13.1 Å². The molecule has 2 aromatic carbocycles. The zero-order valence-electron chi connectivity index (χ0n) is 25.4. The average Bonchev–Trinajstić information content (AvgIpc) is 2.94. The number of nitrogens with zero attached hydrogens (tertiary/aromatic N) is 4. The third kappa shape index (κ3) is 6.35. The molecule has 0 saturated carbocycles. The molecule has 208 valence electrons. The van der Waals surface area contributed by atoms with E-state index in [0.717, 1.165) is 31.9 Å². The molecule has 0 spiro atoms. The van der Waals surface area contributed by atoms with Crippen LogP contribution in [0.1, 0.15) is 57.3 Å². The average molecular weight is 533 g/mol. The Morgan fingerprint density at radius 2 is 1.32 bits per heavy atom. The first-order chi connectivity index (χ1) is 19.2. The van der Waals surface area contributed by atoms with Gasteiger partial charge in [0.05, 0.1) is 5.69 Å². The van der Waals surface area contributed by atoms with E-state index >= 15 is 0 Å². The van der Waals surface area contributed by atoms with Gasteiger partial charge in [-0.3, -0.25) is 19.8 Å². The molecule has 3 heterocycles. The molecule has 0 amide bonds. The van der Waals surface area contributed by atoms with Crippen LogP contribution in [-0.4, -0.2) is 45.9 Å². The number of aromatic nitrogens is 2. The predicted octanol–water partition coefficient (Wildman–Crippen LogP) is 7.76. The minimum atomic E-state index is 0.593. The van der Waals surface area contributed by atoms with Crippen LogP contribution in [0.3, 0.4) is 0 Å². The fourth-order valence-corrected chi connectivity index (χ4v) is 6.04. The lowest BCUT2D eigenvalue weighted by Gasteiger charge is -2.37. The van der Waals surface area contributed by atoms with Crippen LogP contribution in [0.2, 0.25) is 0 Å². The van der Waals surface area contributed by atoms with Crippen molar-refractivity contribution in [1.82, 2.24) is 19.8 Å². The Kier molecular flexibility index (Phi) is 8.48. The van der Waals surface area contributed by atoms with Gasteiger partial charge in [-0.15, -0.1) is 0 Å². The first-order valence-electron chi connectivity index (χ1n) is 14.7. The first kappa shape index (κ1) is 28.2. The minimum absolute atomic E-state index is 0.593. The van der Waals surface area contributed by atoms with Gasteiger partial charge < -0.3 is 0 Å². The molecular formula is C36H44N4. The van der Waals surface area contributed by atoms with Gasteiger partial charge in [-0.1, -0.05) is 12.1 Å². The maximum Gasteiger partial charge on any atom is 0.0705 e. The maximum absolute atomic E-state index is 4.70. The van der Waals surface area contributed by atoms with E-state index in [2.05, 4.69) is 106 Å². The summed E-state index contributed by atoms with van der Waals surface area (Å²) in [6, 6.07) is 16.5. The Morgan fingerprint density at radius 1 is 0.725 bits per heavy atom. The van der Waals surface area contributed by atoms with Crippen molar-refractivity contribution in [2.75, 3.05) is 20.1 Å². The molecule has 5 rings (SSSR count). The number of piperidine rings is 1. The molecule has 4 nitrogen and oxygen atoms in total. The molecule has 40 heavy (non-hydrogen) atoms. The van der Waals surface area contributed by atoms with Crippen LogP contribution in [0.15, 0.2) is 61.1 Å². The molecule has 0 bridgehead atoms. The lowest BCUT2D eigenvalue weighted by molar-refractivity contribution is 0.119. The monoisotopic (exact) mass is 532 g/mol. The second kappa shape index (κ2) is 12.0. The third-order valence-electron chi connectivity index (χ3n) is 9.12. The number of rotatable bonds is 7. The second-order valence-electron chi connectivity index (χ2n) is 12.0. The van der Waals surface area contributed by atoms with Gasteiger partial charge in [0.25, 0.3) is 0 Å². The fraction of sp³-hybridized carbons (Fsp3) is 0.389. The van der Waals surface area contributed by atoms with Gasteiger partial charge in [0.1, 0.15) is 0 Å². The second-order valence-corrected chi connectivity index (χ2v) is 12.0. The predicted molar refractivity (Wildman–Crippen MR) is 168 cm³/mol. The Labute approximate surface area is 241 Å². The summed E-state index contributed by atoms with van der Waals surface area (Å²) in [4.78, 5) is 14.4. The summed E-state index contributed by atoms with van der Waals surface area (Å²) >= 11 is 0. The summed E-state index contributed by atoms with van der Waals surface area (Å²) < 4.78 is 0. The van der Waals surface area contributed by atoms with Crippen molar-refractivity contribution in [3.05, 3.63) is 106 Å². The molecule has 2 aromatic heterocycles. The number of hydrogen-bond donors (Lipinski definition) is 0. The van der Waals surface area contributed by atoms with Crippen LogP contribution in [0.25, 0.3) is 22.4 Å². The van der Waals surface area contributed by atoms with E-state index in [1.54, 1.807) is 0 Å². The Hall–Kier alpha value is -3.34. The highest BCUT2D eigenvalue weighted by Crippen LogP contribution is 2.27. The normalized spacial score (nSPS) is 14.7. The standard InChI is InChI=1S/C36H44N4/c1-24-14-32(15-25(2)28(24)5)34-18-31(20-37-21-34)22-39(7)35-9-12-40(13-10-35)23-30-8-11-38-36(19-30)33-16-26(3)29(6)27(4)17-33/h8,11,14-21,35H,9-10,12-13,22-23H2,1-7H3. The highest BCUT2D eigenvalue weighted by atomic mass is 15.2. The Balaban J connectivity index is 1.18. The molecule has 1 saturated heterocycles. The summed E-state index contributed by atoms with van der Waals surface area (Å²) in [5.74, 6) is 0. The highest BCUT2D eigenvalue weighted by Gasteiger charge is 2.23. The van der Waals surface area contributed by atoms with E-state index in [4.69, 9.17) is 4.98 Å². The fourth-order valence-electron chi connectivity index (χ4n) is 6.04. The number of benzene rings is 2. The van der Waals surface area contributed by atoms with E-state index < -0.39 is 0 Å². The molecule has 0 unspecified atom stereocenters. The molecule has 4 aromatic rings. The zero-order chi connectivity index (χ0) is 28.4. The molecule has 0 N–H and O–H groups in total. The lowest BCUT2D eigenvalue weighted by Crippen LogP contribution is -2.42. The van der Waals surface area contributed by atoms with Crippen molar-refractivity contribution in [3.63, 3.8) is 0 Å². The van der Waals surface area contributed by atoms with Crippen LogP contribution >= 0.6 is 0 Å². The van der Waals surface area contributed by atoms with Crippen molar-refractivity contribution in [2.24, 2.45) is 0 Å². The summed E-state index contributed by atoms with van der Waals surface area (Å²) in [6.07, 6.45) is 8.37. The quantitative estimate of drug-likeness (QED) is 0.243. The van der Waals surface area contributed by atoms with Gasteiger partial charge in [-0.2, -0.15) is 0 Å². The van der Waals surface area contributed by atoms with E-state index in [1.165, 1.54) is 74.0 Å². The van der Waals surface area contributed by atoms with Crippen LogP contribution < -0.4 is 0 Å². The van der Waals surface area contributed by atoms with E-state index in [0.29, 0.717) is 6.04 Å². The van der Waals surface area contributed by atoms with Crippen molar-refractivity contribution >= 4 is 0 Å². The molecule has 1 fully saturated rings. The third-order valence-corrected chi connectivity index (χ3v) is 9.12. The molecular weight excluding hydrogens is 488 g/mol. The van der Waals surface area contributed by atoms with E-state index in [9.17, 15) is 0 Å². The van der Waals surface area contributed by atoms with Crippen LogP contribution in [0.4, 0.5) is 0 Å². The largest absolute Gasteiger partial charge is 0.299 e. The van der Waals surface area contributed by atoms with Crippen molar-refractivity contribution in [1.29, 1.82) is 0 Å². The van der Waals surface area contributed by atoms with Crippen LogP contribution in [0.5, 0.6) is 0 Å². The van der Waals surface area contributed by atoms with Gasteiger partial charge in [-0.05, 0) is 155 Å². The van der Waals surface area contributed by atoms with Gasteiger partial charge in [-0.25, -0.2) is 0 Å². The molecule has 1 aliphatic rings. The van der Waals surface area contributed by atoms with Crippen molar-refractivity contribution in [2.45, 2.75) is 73.5 Å². The smallest absolute Gasteiger partial charge is 0.0705 e. The Bertz CT molecular complexity index is 1450. The molecule has 4 heteroatoms. The topological polar surface area (TPSA) is 32.3 Å². The number of pyridine rings is 2. The van der Waals surface area contributed by atoms with E-state index in [1.807, 2.05) is 18.6 Å². The molecule has 0 atom stereocenters. The summed E-state index contributed by atoms with van der Waals surface area (Å²) in [7, 11) is 2.27. The van der Waals surface area contributed by atoms with E-state index in [-0.39, 0.29) is 0 Å². The zero-order valence-corrected chi connectivity index (χ0v) is 25.4. The maximum atomic E-state index is 4.70. The van der Waals surface area contributed by atoms with Gasteiger partial charge in [0.2, 0.25) is 0 Å². The molecule has 1 aliphatic heterocycles. The van der Waals surface area contributed by atoms with Crippen molar-refractivity contribution < 1.29 is 0 Å². The summed E-state index contributed by atoms with van der Waals surface area (Å²) in [5, 5.41) is 0. The van der Waals surface area contributed by atoms with Gasteiger partial charge in [0.15, 0.2) is 0 Å². The molecule has 0 radical (unpaired) electrons. The SMILES string of the molecule is Cc1cc(-c2cncc(CN(C)C3CCN(Cc4ccnc(-c5cc(C)c(C)c(C)c5)c4)CC3)c2)cc(C)c1C. The molecule has 0 aliphatic carbocycles.